The van der Waals surface area contributed by atoms with Gasteiger partial charge in [-0.2, -0.15) is 4.98 Å². The zero-order valence-electron chi connectivity index (χ0n) is 10.4. The number of nitrogens with zero attached hydrogens (tertiary/aromatic N) is 4. The molecule has 0 radical (unpaired) electrons. The summed E-state index contributed by atoms with van der Waals surface area (Å²) in [5.74, 6) is 4.75. The van der Waals surface area contributed by atoms with Crippen molar-refractivity contribution < 1.29 is 9.31 Å². The van der Waals surface area contributed by atoms with Crippen LogP contribution in [0, 0.1) is 15.9 Å². The average Bonchev–Trinajstić information content (AvgIpc) is 2.45. The Hall–Kier alpha value is -2.81. The fraction of sp³-hybridized carbons (Fsp3) is 0.0909. The van der Waals surface area contributed by atoms with Crippen LogP contribution in [0.3, 0.4) is 0 Å². The highest BCUT2D eigenvalue weighted by Crippen LogP contribution is 2.30. The van der Waals surface area contributed by atoms with Crippen LogP contribution in [-0.2, 0) is 0 Å². The minimum atomic E-state index is -0.620. The number of benzene rings is 1. The van der Waals surface area contributed by atoms with Crippen molar-refractivity contribution in [2.24, 2.45) is 5.84 Å². The molecule has 2 rings (SSSR count). The van der Waals surface area contributed by atoms with Crippen molar-refractivity contribution >= 4 is 23.1 Å². The lowest BCUT2D eigenvalue weighted by atomic mass is 10.3. The number of anilines is 3. The topological polar surface area (TPSA) is 110 Å². The minimum Gasteiger partial charge on any atom is -0.323 e. The molecule has 0 saturated heterocycles. The van der Waals surface area contributed by atoms with E-state index in [-0.39, 0.29) is 17.5 Å². The van der Waals surface area contributed by atoms with Crippen molar-refractivity contribution in [1.82, 2.24) is 9.97 Å². The smallest absolute Gasteiger partial charge is 0.323 e. The Morgan fingerprint density at radius 2 is 2.25 bits per heavy atom. The van der Waals surface area contributed by atoms with Gasteiger partial charge in [0.25, 0.3) is 0 Å². The zero-order chi connectivity index (χ0) is 14.7. The van der Waals surface area contributed by atoms with Crippen LogP contribution in [0.25, 0.3) is 0 Å². The fourth-order valence-corrected chi connectivity index (χ4v) is 1.62. The van der Waals surface area contributed by atoms with Gasteiger partial charge in [-0.15, -0.1) is 0 Å². The highest BCUT2D eigenvalue weighted by Gasteiger charge is 2.21. The second-order valence-electron chi connectivity index (χ2n) is 3.84. The number of hydrazine groups is 1. The van der Waals surface area contributed by atoms with E-state index in [1.807, 2.05) is 0 Å². The van der Waals surface area contributed by atoms with E-state index in [1.165, 1.54) is 30.1 Å². The summed E-state index contributed by atoms with van der Waals surface area (Å²) in [5.41, 5.74) is 2.31. The molecule has 0 spiro atoms. The lowest BCUT2D eigenvalue weighted by Gasteiger charge is -2.18. The van der Waals surface area contributed by atoms with Crippen molar-refractivity contribution in [2.45, 2.75) is 0 Å². The predicted molar refractivity (Wildman–Crippen MR) is 71.0 cm³/mol. The van der Waals surface area contributed by atoms with Crippen LogP contribution in [0.1, 0.15) is 0 Å². The molecule has 104 valence electrons. The molecule has 1 heterocycles. The quantitative estimate of drug-likeness (QED) is 0.496. The summed E-state index contributed by atoms with van der Waals surface area (Å²) >= 11 is 0. The van der Waals surface area contributed by atoms with E-state index in [2.05, 4.69) is 15.4 Å². The van der Waals surface area contributed by atoms with E-state index in [0.29, 0.717) is 5.69 Å². The highest BCUT2D eigenvalue weighted by atomic mass is 19.1. The lowest BCUT2D eigenvalue weighted by Crippen LogP contribution is -2.17. The summed E-state index contributed by atoms with van der Waals surface area (Å²) in [6.07, 6.45) is 1.04. The number of nitro groups is 1. The first-order valence-corrected chi connectivity index (χ1v) is 5.50. The molecule has 1 aromatic carbocycles. The van der Waals surface area contributed by atoms with Gasteiger partial charge in [0.1, 0.15) is 12.0 Å². The average molecular weight is 278 g/mol. The Morgan fingerprint density at radius 1 is 1.50 bits per heavy atom. The Bertz CT molecular complexity index is 651. The van der Waals surface area contributed by atoms with Gasteiger partial charge < -0.3 is 4.90 Å². The summed E-state index contributed by atoms with van der Waals surface area (Å²) in [6, 6.07) is 5.61. The molecule has 0 fully saturated rings. The summed E-state index contributed by atoms with van der Waals surface area (Å²) in [4.78, 5) is 19.4. The van der Waals surface area contributed by atoms with E-state index in [1.54, 1.807) is 6.07 Å². The van der Waals surface area contributed by atoms with Gasteiger partial charge in [-0.1, -0.05) is 6.07 Å². The summed E-state index contributed by atoms with van der Waals surface area (Å²) in [6.45, 7) is 0. The van der Waals surface area contributed by atoms with Crippen LogP contribution >= 0.6 is 0 Å². The van der Waals surface area contributed by atoms with Crippen molar-refractivity contribution in [3.63, 3.8) is 0 Å². The molecule has 0 aliphatic carbocycles. The van der Waals surface area contributed by atoms with E-state index < -0.39 is 10.7 Å². The predicted octanol–water partition coefficient (Wildman–Crippen LogP) is 1.58. The lowest BCUT2D eigenvalue weighted by molar-refractivity contribution is -0.384. The first-order chi connectivity index (χ1) is 9.52. The standard InChI is InChI=1S/C11H11FN6O2/c1-17(8-4-2-3-7(12)5-8)10-9(18(19)20)6-14-11(15-10)16-13/h2-6H,13H2,1H3,(H,14,15,16). The molecule has 0 amide bonds. The van der Waals surface area contributed by atoms with Crippen LogP contribution < -0.4 is 16.2 Å². The molecule has 8 nitrogen and oxygen atoms in total. The monoisotopic (exact) mass is 278 g/mol. The van der Waals surface area contributed by atoms with Gasteiger partial charge in [0.05, 0.1) is 4.92 Å². The Balaban J connectivity index is 2.52. The van der Waals surface area contributed by atoms with E-state index in [9.17, 15) is 14.5 Å². The fourth-order valence-electron chi connectivity index (χ4n) is 1.62. The number of nitrogens with two attached hydrogens (primary N) is 1. The Labute approximate surface area is 113 Å². The second-order valence-corrected chi connectivity index (χ2v) is 3.84. The van der Waals surface area contributed by atoms with Gasteiger partial charge in [-0.05, 0) is 18.2 Å². The van der Waals surface area contributed by atoms with Crippen molar-refractivity contribution in [3.8, 4) is 0 Å². The van der Waals surface area contributed by atoms with E-state index >= 15 is 0 Å². The first kappa shape index (κ1) is 13.6. The van der Waals surface area contributed by atoms with Crippen molar-refractivity contribution in [2.75, 3.05) is 17.4 Å². The van der Waals surface area contributed by atoms with Crippen LogP contribution in [0.4, 0.5) is 27.5 Å². The third-order valence-corrected chi connectivity index (χ3v) is 2.59. The number of nitrogen functional groups attached to an aromatic ring is 1. The summed E-state index contributed by atoms with van der Waals surface area (Å²) < 4.78 is 13.2. The largest absolute Gasteiger partial charge is 0.330 e. The molecule has 3 N–H and O–H groups in total. The number of rotatable bonds is 4. The molecule has 0 saturated carbocycles. The molecule has 0 aliphatic heterocycles. The molecular formula is C11H11FN6O2. The molecule has 2 aromatic rings. The van der Waals surface area contributed by atoms with Gasteiger partial charge >= 0.3 is 5.69 Å². The molecule has 0 atom stereocenters. The Morgan fingerprint density at radius 3 is 2.85 bits per heavy atom. The third-order valence-electron chi connectivity index (χ3n) is 2.59. The van der Waals surface area contributed by atoms with Crippen LogP contribution in [0.15, 0.2) is 30.5 Å². The van der Waals surface area contributed by atoms with Crippen LogP contribution in [0.2, 0.25) is 0 Å². The van der Waals surface area contributed by atoms with Gasteiger partial charge in [0.2, 0.25) is 11.8 Å². The zero-order valence-corrected chi connectivity index (χ0v) is 10.4. The van der Waals surface area contributed by atoms with E-state index in [4.69, 9.17) is 5.84 Å². The van der Waals surface area contributed by atoms with Crippen LogP contribution in [-0.4, -0.2) is 21.9 Å². The third kappa shape index (κ3) is 2.62. The van der Waals surface area contributed by atoms with Gasteiger partial charge in [0.15, 0.2) is 0 Å². The molecule has 20 heavy (non-hydrogen) atoms. The summed E-state index contributed by atoms with van der Waals surface area (Å²) in [5, 5.41) is 11.0. The molecule has 0 bridgehead atoms. The molecule has 0 aliphatic rings. The summed E-state index contributed by atoms with van der Waals surface area (Å²) in [7, 11) is 1.53. The van der Waals surface area contributed by atoms with Crippen molar-refractivity contribution in [3.05, 3.63) is 46.4 Å². The maximum atomic E-state index is 13.2. The van der Waals surface area contributed by atoms with Gasteiger partial charge in [-0.25, -0.2) is 15.2 Å². The number of hydrogen-bond donors (Lipinski definition) is 2. The molecule has 1 aromatic heterocycles. The number of hydrogen-bond acceptors (Lipinski definition) is 7. The normalized spacial score (nSPS) is 10.2. The number of halogens is 1. The maximum absolute atomic E-state index is 13.2. The van der Waals surface area contributed by atoms with Crippen LogP contribution in [0.5, 0.6) is 0 Å². The highest BCUT2D eigenvalue weighted by molar-refractivity contribution is 5.68. The SMILES string of the molecule is CN(c1cccc(F)c1)c1nc(NN)ncc1[N+](=O)[O-]. The number of aromatic nitrogens is 2. The second kappa shape index (κ2) is 5.45. The number of nitrogens with one attached hydrogen (secondary N) is 1. The minimum absolute atomic E-state index is 0.00329. The molecule has 0 unspecified atom stereocenters. The maximum Gasteiger partial charge on any atom is 0.330 e. The van der Waals surface area contributed by atoms with E-state index in [0.717, 1.165) is 6.20 Å². The molecule has 9 heteroatoms. The first-order valence-electron chi connectivity index (χ1n) is 5.50. The van der Waals surface area contributed by atoms with Gasteiger partial charge in [0, 0.05) is 12.7 Å². The van der Waals surface area contributed by atoms with Gasteiger partial charge in [-0.3, -0.25) is 15.5 Å². The molecular weight excluding hydrogens is 267 g/mol. The Kier molecular flexibility index (Phi) is 3.71. The van der Waals surface area contributed by atoms with Crippen molar-refractivity contribution in [1.29, 1.82) is 0 Å².